The summed E-state index contributed by atoms with van der Waals surface area (Å²) in [5.41, 5.74) is 0. The van der Waals surface area contributed by atoms with Crippen LogP contribution in [-0.4, -0.2) is 10.8 Å². The van der Waals surface area contributed by atoms with Gasteiger partial charge in [0.05, 0.1) is 14.9 Å². The molecular weight excluding hydrogens is 241 g/mol. The molecule has 0 aromatic heterocycles. The molecule has 5 heteroatoms. The van der Waals surface area contributed by atoms with E-state index in [0.717, 1.165) is 6.42 Å². The molecule has 0 saturated heterocycles. The highest BCUT2D eigenvalue weighted by Crippen LogP contribution is 2.23. The molecule has 0 radical (unpaired) electrons. The molecule has 0 fully saturated rings. The van der Waals surface area contributed by atoms with Gasteiger partial charge in [-0.25, -0.2) is 8.93 Å². The van der Waals surface area contributed by atoms with Gasteiger partial charge in [0.2, 0.25) is 0 Å². The van der Waals surface area contributed by atoms with Gasteiger partial charge >= 0.3 is 0 Å². The smallest absolute Gasteiger partial charge is 0.124 e. The van der Waals surface area contributed by atoms with Crippen molar-refractivity contribution < 1.29 is 4.21 Å². The summed E-state index contributed by atoms with van der Waals surface area (Å²) >= 11 is 11.5. The minimum atomic E-state index is -1.19. The van der Waals surface area contributed by atoms with E-state index in [4.69, 9.17) is 23.2 Å². The Labute approximate surface area is 96.2 Å². The summed E-state index contributed by atoms with van der Waals surface area (Å²) in [6.45, 7) is 2.73. The largest absolute Gasteiger partial charge is 0.238 e. The zero-order chi connectivity index (χ0) is 10.6. The SMILES string of the molecule is CCCNS(=O)c1ccc(Cl)c(Cl)c1. The van der Waals surface area contributed by atoms with E-state index < -0.39 is 11.0 Å². The number of hydrogen-bond acceptors (Lipinski definition) is 1. The zero-order valence-electron chi connectivity index (χ0n) is 7.72. The molecule has 0 saturated carbocycles. The van der Waals surface area contributed by atoms with Crippen LogP contribution in [0.5, 0.6) is 0 Å². The van der Waals surface area contributed by atoms with Gasteiger partial charge in [-0.15, -0.1) is 0 Å². The van der Waals surface area contributed by atoms with Crippen molar-refractivity contribution in [3.8, 4) is 0 Å². The van der Waals surface area contributed by atoms with Gasteiger partial charge in [-0.2, -0.15) is 0 Å². The van der Waals surface area contributed by atoms with Gasteiger partial charge in [-0.05, 0) is 24.6 Å². The summed E-state index contributed by atoms with van der Waals surface area (Å²) < 4.78 is 14.4. The van der Waals surface area contributed by atoms with Crippen LogP contribution in [-0.2, 0) is 11.0 Å². The van der Waals surface area contributed by atoms with Gasteiger partial charge in [0.25, 0.3) is 0 Å². The quantitative estimate of drug-likeness (QED) is 0.876. The fourth-order valence-corrected chi connectivity index (χ4v) is 2.21. The molecule has 0 spiro atoms. The Morgan fingerprint density at radius 2 is 2.07 bits per heavy atom. The minimum absolute atomic E-state index is 0.427. The van der Waals surface area contributed by atoms with E-state index in [2.05, 4.69) is 4.72 Å². The Morgan fingerprint density at radius 3 is 2.64 bits per heavy atom. The van der Waals surface area contributed by atoms with Crippen LogP contribution < -0.4 is 4.72 Å². The summed E-state index contributed by atoms with van der Waals surface area (Å²) in [6, 6.07) is 4.96. The Hall–Kier alpha value is -0.0900. The van der Waals surface area contributed by atoms with Gasteiger partial charge in [0.1, 0.15) is 11.0 Å². The van der Waals surface area contributed by atoms with E-state index in [1.807, 2.05) is 6.92 Å². The van der Waals surface area contributed by atoms with Crippen molar-refractivity contribution in [2.75, 3.05) is 6.54 Å². The first kappa shape index (κ1) is 12.0. The predicted molar refractivity (Wildman–Crippen MR) is 61.2 cm³/mol. The summed E-state index contributed by atoms with van der Waals surface area (Å²) in [5.74, 6) is 0. The lowest BCUT2D eigenvalue weighted by atomic mass is 10.4. The van der Waals surface area contributed by atoms with Gasteiger partial charge in [0.15, 0.2) is 0 Å². The third-order valence-electron chi connectivity index (χ3n) is 1.59. The molecule has 1 unspecified atom stereocenters. The maximum Gasteiger partial charge on any atom is 0.124 e. The van der Waals surface area contributed by atoms with Crippen molar-refractivity contribution in [2.24, 2.45) is 0 Å². The van der Waals surface area contributed by atoms with Crippen LogP contribution >= 0.6 is 23.2 Å². The monoisotopic (exact) mass is 251 g/mol. The molecule has 0 bridgehead atoms. The molecule has 1 aromatic rings. The molecule has 78 valence electrons. The maximum absolute atomic E-state index is 11.6. The van der Waals surface area contributed by atoms with E-state index in [1.165, 1.54) is 0 Å². The third-order valence-corrected chi connectivity index (χ3v) is 3.48. The lowest BCUT2D eigenvalue weighted by molar-refractivity contribution is 0.670. The molecule has 1 N–H and O–H groups in total. The highest BCUT2D eigenvalue weighted by Gasteiger charge is 2.05. The highest BCUT2D eigenvalue weighted by molar-refractivity contribution is 7.83. The Bertz CT molecular complexity index is 344. The topological polar surface area (TPSA) is 29.1 Å². The van der Waals surface area contributed by atoms with Gasteiger partial charge in [0, 0.05) is 6.54 Å². The molecule has 0 aliphatic carbocycles. The van der Waals surface area contributed by atoms with E-state index in [1.54, 1.807) is 18.2 Å². The first-order valence-electron chi connectivity index (χ1n) is 4.25. The number of rotatable bonds is 4. The van der Waals surface area contributed by atoms with Gasteiger partial charge < -0.3 is 0 Å². The minimum Gasteiger partial charge on any atom is -0.238 e. The molecule has 0 aliphatic rings. The summed E-state index contributed by atoms with van der Waals surface area (Å²) in [6.07, 6.45) is 0.938. The number of halogens is 2. The molecular formula is C9H11Cl2NOS. The fraction of sp³-hybridized carbons (Fsp3) is 0.333. The lowest BCUT2D eigenvalue weighted by Crippen LogP contribution is -2.17. The normalized spacial score (nSPS) is 12.8. The van der Waals surface area contributed by atoms with Gasteiger partial charge in [-0.3, -0.25) is 0 Å². The maximum atomic E-state index is 11.6. The van der Waals surface area contributed by atoms with E-state index in [-0.39, 0.29) is 0 Å². The van der Waals surface area contributed by atoms with Crippen LogP contribution in [0.1, 0.15) is 13.3 Å². The molecule has 1 rings (SSSR count). The van der Waals surface area contributed by atoms with Crippen LogP contribution in [0.2, 0.25) is 10.0 Å². The lowest BCUT2D eigenvalue weighted by Gasteiger charge is -2.04. The van der Waals surface area contributed by atoms with Crippen molar-refractivity contribution >= 4 is 34.2 Å². The standard InChI is InChI=1S/C9H11Cl2NOS/c1-2-5-12-14(13)7-3-4-8(10)9(11)6-7/h3-4,6,12H,2,5H2,1H3. The second-order valence-corrected chi connectivity index (χ2v) is 4.85. The van der Waals surface area contributed by atoms with Gasteiger partial charge in [-0.1, -0.05) is 30.1 Å². The van der Waals surface area contributed by atoms with Crippen molar-refractivity contribution in [2.45, 2.75) is 18.2 Å². The molecule has 2 nitrogen and oxygen atoms in total. The summed E-state index contributed by atoms with van der Waals surface area (Å²) in [5, 5.41) is 0.902. The number of hydrogen-bond donors (Lipinski definition) is 1. The molecule has 14 heavy (non-hydrogen) atoms. The van der Waals surface area contributed by atoms with Crippen LogP contribution in [0.25, 0.3) is 0 Å². The van der Waals surface area contributed by atoms with E-state index >= 15 is 0 Å². The third kappa shape index (κ3) is 3.24. The molecule has 0 aliphatic heterocycles. The van der Waals surface area contributed by atoms with Crippen molar-refractivity contribution in [3.05, 3.63) is 28.2 Å². The van der Waals surface area contributed by atoms with Crippen LogP contribution in [0, 0.1) is 0 Å². The average molecular weight is 252 g/mol. The first-order chi connectivity index (χ1) is 6.65. The second-order valence-electron chi connectivity index (χ2n) is 2.74. The fourth-order valence-electron chi connectivity index (χ4n) is 0.870. The van der Waals surface area contributed by atoms with Crippen LogP contribution in [0.15, 0.2) is 23.1 Å². The van der Waals surface area contributed by atoms with Crippen LogP contribution in [0.3, 0.4) is 0 Å². The Balaban J connectivity index is 2.76. The van der Waals surface area contributed by atoms with Crippen LogP contribution in [0.4, 0.5) is 0 Å². The number of nitrogens with one attached hydrogen (secondary N) is 1. The Kier molecular flexibility index (Phi) is 4.89. The zero-order valence-corrected chi connectivity index (χ0v) is 10.0. The predicted octanol–water partition coefficient (Wildman–Crippen LogP) is 3.02. The van der Waals surface area contributed by atoms with Crippen molar-refractivity contribution in [1.82, 2.24) is 4.72 Å². The average Bonchev–Trinajstić information content (AvgIpc) is 2.18. The summed E-state index contributed by atoms with van der Waals surface area (Å²) in [4.78, 5) is 0.646. The van der Waals surface area contributed by atoms with Crippen molar-refractivity contribution in [3.63, 3.8) is 0 Å². The molecule has 0 amide bonds. The second kappa shape index (κ2) is 5.71. The highest BCUT2D eigenvalue weighted by atomic mass is 35.5. The molecule has 0 heterocycles. The number of benzene rings is 1. The van der Waals surface area contributed by atoms with Crippen molar-refractivity contribution in [1.29, 1.82) is 0 Å². The molecule has 1 aromatic carbocycles. The first-order valence-corrected chi connectivity index (χ1v) is 6.16. The van der Waals surface area contributed by atoms with E-state index in [0.29, 0.717) is 21.5 Å². The summed E-state index contributed by atoms with van der Waals surface area (Å²) in [7, 11) is -1.19. The van der Waals surface area contributed by atoms with E-state index in [9.17, 15) is 4.21 Å². The Morgan fingerprint density at radius 1 is 1.36 bits per heavy atom. The molecule has 1 atom stereocenters.